The molecule has 0 aliphatic rings. The molecule has 0 amide bonds. The van der Waals surface area contributed by atoms with E-state index in [1.54, 1.807) is 32.4 Å². The Labute approximate surface area is 188 Å². The van der Waals surface area contributed by atoms with Crippen LogP contribution in [0, 0.1) is 11.6 Å². The summed E-state index contributed by atoms with van der Waals surface area (Å²) in [5.74, 6) is 0.317. The van der Waals surface area contributed by atoms with Gasteiger partial charge in [0.05, 0.1) is 25.3 Å². The molecule has 2 aromatic heterocycles. The number of hydrogen-bond donors (Lipinski definition) is 0. The number of rotatable bonds is 5. The number of halogens is 2. The van der Waals surface area contributed by atoms with Crippen LogP contribution in [0.3, 0.4) is 0 Å². The van der Waals surface area contributed by atoms with Gasteiger partial charge >= 0.3 is 0 Å². The van der Waals surface area contributed by atoms with Crippen LogP contribution in [0.5, 0.6) is 23.1 Å². The maximum absolute atomic E-state index is 14.6. The van der Waals surface area contributed by atoms with E-state index < -0.39 is 11.6 Å². The molecule has 0 aliphatic heterocycles. The number of para-hydroxylation sites is 1. The molecule has 0 saturated heterocycles. The fourth-order valence-electron chi connectivity index (χ4n) is 3.65. The predicted octanol–water partition coefficient (Wildman–Crippen LogP) is 6.54. The van der Waals surface area contributed by atoms with Gasteiger partial charge in [0.1, 0.15) is 17.3 Å². The van der Waals surface area contributed by atoms with Gasteiger partial charge in [-0.3, -0.25) is 0 Å². The van der Waals surface area contributed by atoms with Crippen LogP contribution >= 0.6 is 0 Å². The maximum Gasteiger partial charge on any atom is 0.219 e. The van der Waals surface area contributed by atoms with E-state index in [4.69, 9.17) is 14.2 Å². The highest BCUT2D eigenvalue weighted by atomic mass is 19.1. The predicted molar refractivity (Wildman–Crippen MR) is 122 cm³/mol. The number of ether oxygens (including phenoxy) is 3. The topological polar surface area (TPSA) is 53.5 Å². The van der Waals surface area contributed by atoms with E-state index in [0.717, 1.165) is 16.8 Å². The van der Waals surface area contributed by atoms with E-state index in [2.05, 4.69) is 9.97 Å². The number of methoxy groups -OCH3 is 2. The Kier molecular flexibility index (Phi) is 5.22. The van der Waals surface area contributed by atoms with Crippen molar-refractivity contribution in [1.29, 1.82) is 0 Å². The number of pyridine rings is 2. The van der Waals surface area contributed by atoms with Gasteiger partial charge in [0.15, 0.2) is 17.2 Å². The molecule has 0 N–H and O–H groups in total. The van der Waals surface area contributed by atoms with Crippen LogP contribution in [0.1, 0.15) is 0 Å². The van der Waals surface area contributed by atoms with Crippen LogP contribution in [0.15, 0.2) is 72.8 Å². The summed E-state index contributed by atoms with van der Waals surface area (Å²) in [5.41, 5.74) is 1.67. The van der Waals surface area contributed by atoms with E-state index in [-0.39, 0.29) is 17.1 Å². The molecule has 5 nitrogen and oxygen atoms in total. The van der Waals surface area contributed by atoms with E-state index in [1.165, 1.54) is 12.1 Å². The normalized spacial score (nSPS) is 11.0. The smallest absolute Gasteiger partial charge is 0.219 e. The van der Waals surface area contributed by atoms with Crippen LogP contribution in [0.2, 0.25) is 0 Å². The van der Waals surface area contributed by atoms with Gasteiger partial charge in [-0.2, -0.15) is 0 Å². The number of nitrogens with zero attached hydrogens (tertiary/aromatic N) is 2. The van der Waals surface area contributed by atoms with Crippen LogP contribution in [0.4, 0.5) is 8.78 Å². The van der Waals surface area contributed by atoms with Crippen molar-refractivity contribution in [3.8, 4) is 34.4 Å². The molecule has 0 aliphatic carbocycles. The van der Waals surface area contributed by atoms with Crippen LogP contribution < -0.4 is 14.2 Å². The summed E-state index contributed by atoms with van der Waals surface area (Å²) in [4.78, 5) is 9.16. The Morgan fingerprint density at radius 3 is 2.18 bits per heavy atom. The highest BCUT2D eigenvalue weighted by molar-refractivity contribution is 5.86. The summed E-state index contributed by atoms with van der Waals surface area (Å²) < 4.78 is 44.9. The van der Waals surface area contributed by atoms with Crippen molar-refractivity contribution in [2.75, 3.05) is 14.2 Å². The van der Waals surface area contributed by atoms with Gasteiger partial charge in [-0.15, -0.1) is 0 Å². The first-order valence-electron chi connectivity index (χ1n) is 10.1. The molecule has 33 heavy (non-hydrogen) atoms. The molecule has 5 rings (SSSR count). The lowest BCUT2D eigenvalue weighted by atomic mass is 10.1. The third-order valence-corrected chi connectivity index (χ3v) is 5.26. The van der Waals surface area contributed by atoms with E-state index >= 15 is 0 Å². The molecule has 0 saturated carbocycles. The standard InChI is InChI=1S/C26H18F2N2O3/c1-31-22-11-16-7-10-25(29-21(16)14-23(22)32-2)33-24-12-15-5-3-4-6-20(15)30-26(24)18-9-8-17(27)13-19(18)28/h3-14H,1-2H3. The molecule has 0 radical (unpaired) electrons. The average molecular weight is 444 g/mol. The molecule has 0 atom stereocenters. The van der Waals surface area contributed by atoms with Crippen molar-refractivity contribution < 1.29 is 23.0 Å². The molecule has 5 aromatic rings. The quantitative estimate of drug-likeness (QED) is 0.308. The molecule has 3 aromatic carbocycles. The van der Waals surface area contributed by atoms with E-state index in [0.29, 0.717) is 28.3 Å². The van der Waals surface area contributed by atoms with E-state index in [1.807, 2.05) is 36.4 Å². The highest BCUT2D eigenvalue weighted by Crippen LogP contribution is 2.37. The molecule has 0 bridgehead atoms. The summed E-state index contributed by atoms with van der Waals surface area (Å²) in [6.45, 7) is 0. The Morgan fingerprint density at radius 1 is 0.667 bits per heavy atom. The summed E-state index contributed by atoms with van der Waals surface area (Å²) in [6.07, 6.45) is 0. The van der Waals surface area contributed by atoms with Gasteiger partial charge in [-0.25, -0.2) is 18.7 Å². The molecule has 0 unspecified atom stereocenters. The monoisotopic (exact) mass is 444 g/mol. The first-order valence-corrected chi connectivity index (χ1v) is 10.1. The summed E-state index contributed by atoms with van der Waals surface area (Å²) in [5, 5.41) is 1.65. The van der Waals surface area contributed by atoms with Crippen LogP contribution in [-0.4, -0.2) is 24.2 Å². The molecule has 164 valence electrons. The van der Waals surface area contributed by atoms with Crippen LogP contribution in [0.25, 0.3) is 33.1 Å². The van der Waals surface area contributed by atoms with Gasteiger partial charge in [0.2, 0.25) is 5.88 Å². The lowest BCUT2D eigenvalue weighted by molar-refractivity contribution is 0.355. The lowest BCUT2D eigenvalue weighted by Gasteiger charge is -2.13. The minimum atomic E-state index is -0.731. The molecule has 0 spiro atoms. The van der Waals surface area contributed by atoms with E-state index in [9.17, 15) is 8.78 Å². The maximum atomic E-state index is 14.6. The second-order valence-electron chi connectivity index (χ2n) is 7.30. The fourth-order valence-corrected chi connectivity index (χ4v) is 3.65. The Bertz CT molecular complexity index is 1500. The van der Waals surface area contributed by atoms with Crippen molar-refractivity contribution in [1.82, 2.24) is 9.97 Å². The van der Waals surface area contributed by atoms with Gasteiger partial charge < -0.3 is 14.2 Å². The third kappa shape index (κ3) is 3.89. The fraction of sp³-hybridized carbons (Fsp3) is 0.0769. The molecular weight excluding hydrogens is 426 g/mol. The summed E-state index contributed by atoms with van der Waals surface area (Å²) in [6, 6.07) is 19.6. The number of benzene rings is 3. The summed E-state index contributed by atoms with van der Waals surface area (Å²) in [7, 11) is 3.12. The van der Waals surface area contributed by atoms with Gasteiger partial charge in [-0.1, -0.05) is 18.2 Å². The first-order chi connectivity index (χ1) is 16.1. The third-order valence-electron chi connectivity index (χ3n) is 5.26. The lowest BCUT2D eigenvalue weighted by Crippen LogP contribution is -1.97. The van der Waals surface area contributed by atoms with Crippen molar-refractivity contribution in [3.63, 3.8) is 0 Å². The molecule has 0 fully saturated rings. The molecule has 7 heteroatoms. The highest BCUT2D eigenvalue weighted by Gasteiger charge is 2.17. The van der Waals surface area contributed by atoms with Crippen molar-refractivity contribution >= 4 is 21.8 Å². The molecule has 2 heterocycles. The molecular formula is C26H18F2N2O3. The summed E-state index contributed by atoms with van der Waals surface area (Å²) >= 11 is 0. The Morgan fingerprint density at radius 2 is 1.39 bits per heavy atom. The van der Waals surface area contributed by atoms with Crippen molar-refractivity contribution in [2.45, 2.75) is 0 Å². The zero-order valence-electron chi connectivity index (χ0n) is 17.8. The number of hydrogen-bond acceptors (Lipinski definition) is 5. The Hall–Kier alpha value is -4.26. The van der Waals surface area contributed by atoms with Gasteiger partial charge in [-0.05, 0) is 36.4 Å². The largest absolute Gasteiger partial charge is 0.493 e. The second kappa shape index (κ2) is 8.35. The van der Waals surface area contributed by atoms with Crippen molar-refractivity contribution in [3.05, 3.63) is 84.4 Å². The first kappa shape index (κ1) is 20.6. The SMILES string of the molecule is COc1cc2ccc(Oc3cc4ccccc4nc3-c3ccc(F)cc3F)nc2cc1OC. The Balaban J connectivity index is 1.64. The van der Waals surface area contributed by atoms with Crippen molar-refractivity contribution in [2.24, 2.45) is 0 Å². The van der Waals surface area contributed by atoms with Gasteiger partial charge in [0.25, 0.3) is 0 Å². The zero-order valence-corrected chi connectivity index (χ0v) is 17.8. The number of fused-ring (bicyclic) bond motifs is 2. The van der Waals surface area contributed by atoms with Crippen LogP contribution in [-0.2, 0) is 0 Å². The minimum absolute atomic E-state index is 0.129. The van der Waals surface area contributed by atoms with Gasteiger partial charge in [0, 0.05) is 34.5 Å². The zero-order chi connectivity index (χ0) is 22.9. The minimum Gasteiger partial charge on any atom is -0.493 e. The average Bonchev–Trinajstić information content (AvgIpc) is 2.83. The number of aromatic nitrogens is 2. The second-order valence-corrected chi connectivity index (χ2v) is 7.30.